The monoisotopic (exact) mass is 338 g/mol. The number of nitrogens with one attached hydrogen (secondary N) is 1. The van der Waals surface area contributed by atoms with Crippen LogP contribution < -0.4 is 5.32 Å². The molecule has 0 bridgehead atoms. The summed E-state index contributed by atoms with van der Waals surface area (Å²) in [6.45, 7) is 5.14. The Morgan fingerprint density at radius 2 is 2.12 bits per heavy atom. The minimum absolute atomic E-state index is 0.0736. The number of hydrogen-bond donors (Lipinski definition) is 1. The van der Waals surface area contributed by atoms with Gasteiger partial charge < -0.3 is 9.88 Å². The van der Waals surface area contributed by atoms with Crippen LogP contribution in [0.25, 0.3) is 11.3 Å². The summed E-state index contributed by atoms with van der Waals surface area (Å²) >= 11 is 0. The van der Waals surface area contributed by atoms with Gasteiger partial charge in [-0.15, -0.1) is 0 Å². The number of aromatic nitrogens is 5. The van der Waals surface area contributed by atoms with Crippen LogP contribution in [0, 0.1) is 13.8 Å². The van der Waals surface area contributed by atoms with Crippen LogP contribution in [0.3, 0.4) is 0 Å². The van der Waals surface area contributed by atoms with Crippen LogP contribution in [0.2, 0.25) is 0 Å². The molecule has 0 unspecified atom stereocenters. The van der Waals surface area contributed by atoms with Gasteiger partial charge >= 0.3 is 0 Å². The molecule has 2 heterocycles. The molecule has 0 aliphatic heterocycles. The van der Waals surface area contributed by atoms with Crippen molar-refractivity contribution in [1.29, 1.82) is 0 Å². The average molecular weight is 338 g/mol. The molecule has 2 aromatic heterocycles. The predicted molar refractivity (Wildman–Crippen MR) is 95.1 cm³/mol. The van der Waals surface area contributed by atoms with Crippen LogP contribution in [0.4, 0.5) is 0 Å². The van der Waals surface area contributed by atoms with Gasteiger partial charge in [0.15, 0.2) is 0 Å². The summed E-state index contributed by atoms with van der Waals surface area (Å²) in [5.74, 6) is 1.59. The van der Waals surface area contributed by atoms with E-state index < -0.39 is 0 Å². The van der Waals surface area contributed by atoms with Crippen molar-refractivity contribution < 1.29 is 4.79 Å². The number of carbonyl (C=O) groups is 1. The maximum absolute atomic E-state index is 12.4. The second kappa shape index (κ2) is 7.29. The molecule has 1 amide bonds. The highest BCUT2D eigenvalue weighted by Gasteiger charge is 2.09. The van der Waals surface area contributed by atoms with Crippen molar-refractivity contribution in [2.24, 2.45) is 7.05 Å². The number of nitrogens with zero attached hydrogens (tertiary/aromatic N) is 5. The van der Waals surface area contributed by atoms with E-state index in [0.29, 0.717) is 12.1 Å². The summed E-state index contributed by atoms with van der Waals surface area (Å²) in [4.78, 5) is 20.8. The Balaban J connectivity index is 1.57. The molecule has 0 radical (unpaired) electrons. The van der Waals surface area contributed by atoms with Crippen molar-refractivity contribution in [3.8, 4) is 11.3 Å². The molecule has 0 fully saturated rings. The Bertz CT molecular complexity index is 879. The largest absolute Gasteiger partial charge is 0.352 e. The molecule has 0 atom stereocenters. The van der Waals surface area contributed by atoms with Crippen LogP contribution in [0.5, 0.6) is 0 Å². The quantitative estimate of drug-likeness (QED) is 0.698. The minimum Gasteiger partial charge on any atom is -0.352 e. The molecule has 0 spiro atoms. The Labute approximate surface area is 146 Å². The normalized spacial score (nSPS) is 10.8. The number of rotatable bonds is 6. The fraction of sp³-hybridized carbons (Fsp3) is 0.333. The van der Waals surface area contributed by atoms with E-state index in [0.717, 1.165) is 35.9 Å². The van der Waals surface area contributed by atoms with Crippen molar-refractivity contribution in [3.05, 3.63) is 54.0 Å². The van der Waals surface area contributed by atoms with E-state index in [9.17, 15) is 4.79 Å². The van der Waals surface area contributed by atoms with Gasteiger partial charge in [-0.1, -0.05) is 12.1 Å². The van der Waals surface area contributed by atoms with Gasteiger partial charge in [-0.05, 0) is 32.4 Å². The van der Waals surface area contributed by atoms with Gasteiger partial charge in [0.2, 0.25) is 0 Å². The molecule has 0 saturated heterocycles. The van der Waals surface area contributed by atoms with E-state index in [1.165, 1.54) is 0 Å². The summed E-state index contributed by atoms with van der Waals surface area (Å²) in [7, 11) is 1.93. The van der Waals surface area contributed by atoms with Gasteiger partial charge in [0, 0.05) is 31.3 Å². The topological polar surface area (TPSA) is 77.6 Å². The lowest BCUT2D eigenvalue weighted by Crippen LogP contribution is -2.25. The molecule has 0 saturated carbocycles. The van der Waals surface area contributed by atoms with E-state index in [1.54, 1.807) is 12.5 Å². The standard InChI is InChI=1S/C18H22N6O/c1-13-21-14(2)24(22-13)9-5-8-20-18(25)16-7-4-6-15(10-16)17-11-19-12-23(17)3/h4,6-7,10-12H,5,8-9H2,1-3H3,(H,20,25). The van der Waals surface area contributed by atoms with Gasteiger partial charge in [-0.2, -0.15) is 5.10 Å². The van der Waals surface area contributed by atoms with Gasteiger partial charge in [-0.25, -0.2) is 9.97 Å². The molecule has 130 valence electrons. The average Bonchev–Trinajstić information content (AvgIpc) is 3.16. The van der Waals surface area contributed by atoms with E-state index in [4.69, 9.17) is 0 Å². The minimum atomic E-state index is -0.0736. The molecular formula is C18H22N6O. The first-order chi connectivity index (χ1) is 12.0. The predicted octanol–water partition coefficient (Wildman–Crippen LogP) is 2.12. The van der Waals surface area contributed by atoms with Crippen LogP contribution in [0.15, 0.2) is 36.8 Å². The highest BCUT2D eigenvalue weighted by atomic mass is 16.1. The lowest BCUT2D eigenvalue weighted by molar-refractivity contribution is 0.0952. The molecule has 1 N–H and O–H groups in total. The summed E-state index contributed by atoms with van der Waals surface area (Å²) in [6.07, 6.45) is 4.34. The van der Waals surface area contributed by atoms with Gasteiger partial charge in [0.1, 0.15) is 11.6 Å². The zero-order valence-corrected chi connectivity index (χ0v) is 14.7. The second-order valence-electron chi connectivity index (χ2n) is 6.01. The van der Waals surface area contributed by atoms with Crippen molar-refractivity contribution in [1.82, 2.24) is 29.6 Å². The van der Waals surface area contributed by atoms with E-state index in [2.05, 4.69) is 20.4 Å². The van der Waals surface area contributed by atoms with E-state index in [-0.39, 0.29) is 5.91 Å². The third kappa shape index (κ3) is 3.93. The van der Waals surface area contributed by atoms with Crippen LogP contribution >= 0.6 is 0 Å². The molecule has 7 heteroatoms. The van der Waals surface area contributed by atoms with Crippen LogP contribution in [0.1, 0.15) is 28.4 Å². The Morgan fingerprint density at radius 3 is 2.80 bits per heavy atom. The number of carbonyl (C=O) groups excluding carboxylic acids is 1. The fourth-order valence-electron chi connectivity index (χ4n) is 2.76. The first-order valence-corrected chi connectivity index (χ1v) is 8.27. The maximum atomic E-state index is 12.4. The van der Waals surface area contributed by atoms with Gasteiger partial charge in [0.25, 0.3) is 5.91 Å². The number of imidazole rings is 1. The lowest BCUT2D eigenvalue weighted by atomic mass is 10.1. The molecule has 3 rings (SSSR count). The van der Waals surface area contributed by atoms with Crippen molar-refractivity contribution in [2.75, 3.05) is 6.54 Å². The van der Waals surface area contributed by atoms with Gasteiger partial charge in [-0.3, -0.25) is 9.48 Å². The molecule has 7 nitrogen and oxygen atoms in total. The zero-order valence-electron chi connectivity index (χ0n) is 14.7. The fourth-order valence-corrected chi connectivity index (χ4v) is 2.76. The van der Waals surface area contributed by atoms with Crippen LogP contribution in [-0.4, -0.2) is 36.8 Å². The molecule has 25 heavy (non-hydrogen) atoms. The van der Waals surface area contributed by atoms with Gasteiger partial charge in [0.05, 0.1) is 18.2 Å². The van der Waals surface area contributed by atoms with Crippen molar-refractivity contribution >= 4 is 5.91 Å². The molecule has 0 aliphatic rings. The highest BCUT2D eigenvalue weighted by molar-refractivity contribution is 5.95. The highest BCUT2D eigenvalue weighted by Crippen LogP contribution is 2.19. The third-order valence-electron chi connectivity index (χ3n) is 4.03. The molecular weight excluding hydrogens is 316 g/mol. The number of aryl methyl sites for hydroxylation is 4. The van der Waals surface area contributed by atoms with Crippen LogP contribution in [-0.2, 0) is 13.6 Å². The zero-order chi connectivity index (χ0) is 17.8. The number of benzene rings is 1. The summed E-state index contributed by atoms with van der Waals surface area (Å²) < 4.78 is 3.80. The summed E-state index contributed by atoms with van der Waals surface area (Å²) in [6, 6.07) is 7.57. The third-order valence-corrected chi connectivity index (χ3v) is 4.03. The van der Waals surface area contributed by atoms with E-state index in [1.807, 2.05) is 54.4 Å². The Kier molecular flexibility index (Phi) is 4.92. The smallest absolute Gasteiger partial charge is 0.251 e. The van der Waals surface area contributed by atoms with Crippen molar-refractivity contribution in [2.45, 2.75) is 26.8 Å². The van der Waals surface area contributed by atoms with Crippen molar-refractivity contribution in [3.63, 3.8) is 0 Å². The lowest BCUT2D eigenvalue weighted by Gasteiger charge is -2.08. The molecule has 0 aliphatic carbocycles. The number of amides is 1. The molecule has 3 aromatic rings. The second-order valence-corrected chi connectivity index (χ2v) is 6.01. The Hall–Kier alpha value is -2.96. The summed E-state index contributed by atoms with van der Waals surface area (Å²) in [5, 5.41) is 7.28. The molecule has 1 aromatic carbocycles. The number of hydrogen-bond acceptors (Lipinski definition) is 4. The summed E-state index contributed by atoms with van der Waals surface area (Å²) in [5.41, 5.74) is 2.60. The Morgan fingerprint density at radius 1 is 1.28 bits per heavy atom. The first-order valence-electron chi connectivity index (χ1n) is 8.27. The SMILES string of the molecule is Cc1nc(C)n(CCCNC(=O)c2cccc(-c3cncn3C)c2)n1. The van der Waals surface area contributed by atoms with E-state index >= 15 is 0 Å². The maximum Gasteiger partial charge on any atom is 0.251 e. The first kappa shape index (κ1) is 16.9.